The third kappa shape index (κ3) is 2.23. The number of carboxylic acid groups (broad SMARTS) is 1. The van der Waals surface area contributed by atoms with E-state index in [4.69, 9.17) is 0 Å². The zero-order valence-electron chi connectivity index (χ0n) is 12.1. The number of H-pyrrole nitrogens is 1. The first-order valence-electron chi connectivity index (χ1n) is 6.80. The van der Waals surface area contributed by atoms with Gasteiger partial charge >= 0.3 is 5.97 Å². The third-order valence-corrected chi connectivity index (χ3v) is 4.68. The van der Waals surface area contributed by atoms with Crippen molar-refractivity contribution in [2.45, 2.75) is 26.7 Å². The predicted octanol–water partition coefficient (Wildman–Crippen LogP) is 4.42. The van der Waals surface area contributed by atoms with Gasteiger partial charge in [-0.1, -0.05) is 32.0 Å². The lowest BCUT2D eigenvalue weighted by molar-refractivity contribution is 0.0701. The number of aromatic carboxylic acids is 1. The molecule has 5 heteroatoms. The number of thiazole rings is 1. The highest BCUT2D eigenvalue weighted by Crippen LogP contribution is 2.38. The highest BCUT2D eigenvalue weighted by Gasteiger charge is 2.21. The van der Waals surface area contributed by atoms with Crippen molar-refractivity contribution < 1.29 is 9.90 Å². The summed E-state index contributed by atoms with van der Waals surface area (Å²) in [6.07, 6.45) is 0. The Morgan fingerprint density at radius 3 is 2.67 bits per heavy atom. The minimum Gasteiger partial charge on any atom is -0.477 e. The zero-order chi connectivity index (χ0) is 15.1. The van der Waals surface area contributed by atoms with Gasteiger partial charge in [0.15, 0.2) is 0 Å². The molecule has 21 heavy (non-hydrogen) atoms. The molecule has 0 unspecified atom stereocenters. The number of para-hydroxylation sites is 1. The normalized spacial score (nSPS) is 11.4. The van der Waals surface area contributed by atoms with E-state index in [1.165, 1.54) is 11.3 Å². The van der Waals surface area contributed by atoms with Crippen molar-refractivity contribution in [3.8, 4) is 10.6 Å². The fraction of sp³-hybridized carbons (Fsp3) is 0.250. The van der Waals surface area contributed by atoms with Gasteiger partial charge in [-0.05, 0) is 18.9 Å². The quantitative estimate of drug-likeness (QED) is 0.752. The Balaban J connectivity index is 2.30. The molecule has 4 nitrogen and oxygen atoms in total. The second kappa shape index (κ2) is 5.00. The van der Waals surface area contributed by atoms with Crippen LogP contribution in [0.25, 0.3) is 21.5 Å². The molecule has 3 rings (SSSR count). The predicted molar refractivity (Wildman–Crippen MR) is 85.2 cm³/mol. The summed E-state index contributed by atoms with van der Waals surface area (Å²) in [5, 5.41) is 11.1. The van der Waals surface area contributed by atoms with Crippen molar-refractivity contribution in [2.24, 2.45) is 0 Å². The van der Waals surface area contributed by atoms with E-state index in [0.29, 0.717) is 16.5 Å². The number of rotatable bonds is 3. The molecule has 0 saturated carbocycles. The van der Waals surface area contributed by atoms with Crippen molar-refractivity contribution in [3.63, 3.8) is 0 Å². The molecular weight excluding hydrogens is 284 g/mol. The maximum Gasteiger partial charge on any atom is 0.347 e. The molecule has 2 N–H and O–H groups in total. The Kier molecular flexibility index (Phi) is 3.29. The van der Waals surface area contributed by atoms with Crippen molar-refractivity contribution in [3.05, 3.63) is 40.5 Å². The number of carbonyl (C=O) groups is 1. The number of hydrogen-bond donors (Lipinski definition) is 2. The Labute approximate surface area is 126 Å². The molecular formula is C16H16N2O2S. The Bertz CT molecular complexity index is 830. The van der Waals surface area contributed by atoms with Gasteiger partial charge in [-0.2, -0.15) is 0 Å². The molecule has 2 heterocycles. The molecule has 0 spiro atoms. The number of nitrogens with one attached hydrogen (secondary N) is 1. The van der Waals surface area contributed by atoms with E-state index in [1.807, 2.05) is 24.3 Å². The number of fused-ring (bicyclic) bond motifs is 1. The van der Waals surface area contributed by atoms with Gasteiger partial charge < -0.3 is 10.1 Å². The van der Waals surface area contributed by atoms with Crippen LogP contribution in [0.5, 0.6) is 0 Å². The van der Waals surface area contributed by atoms with Crippen LogP contribution in [0, 0.1) is 6.92 Å². The van der Waals surface area contributed by atoms with Crippen LogP contribution in [-0.4, -0.2) is 21.0 Å². The summed E-state index contributed by atoms with van der Waals surface area (Å²) in [6, 6.07) is 8.05. The first-order valence-corrected chi connectivity index (χ1v) is 7.62. The van der Waals surface area contributed by atoms with Gasteiger partial charge in [-0.3, -0.25) is 0 Å². The fourth-order valence-corrected chi connectivity index (χ4v) is 3.51. The maximum absolute atomic E-state index is 11.2. The highest BCUT2D eigenvalue weighted by atomic mass is 32.1. The standard InChI is InChI=1S/C16H16N2O2S/c1-8(2)13-12(10-6-4-5-7-11(10)18-13)15-17-9(3)14(21-15)16(19)20/h4-8,18H,1-3H3,(H,19,20). The molecule has 108 valence electrons. The molecule has 0 aliphatic rings. The SMILES string of the molecule is Cc1nc(-c2c(C(C)C)[nH]c3ccccc23)sc1C(=O)O. The van der Waals surface area contributed by atoms with Crippen LogP contribution in [0.2, 0.25) is 0 Å². The first-order chi connectivity index (χ1) is 9.99. The van der Waals surface area contributed by atoms with E-state index in [0.717, 1.165) is 27.2 Å². The van der Waals surface area contributed by atoms with Gasteiger partial charge in [-0.25, -0.2) is 9.78 Å². The molecule has 2 aromatic heterocycles. The first kappa shape index (κ1) is 13.8. The third-order valence-electron chi connectivity index (χ3n) is 3.52. The molecule has 0 amide bonds. The Morgan fingerprint density at radius 1 is 1.33 bits per heavy atom. The number of aromatic nitrogens is 2. The molecule has 1 aromatic carbocycles. The Morgan fingerprint density at radius 2 is 2.05 bits per heavy atom. The average Bonchev–Trinajstić information content (AvgIpc) is 2.98. The molecule has 0 fully saturated rings. The van der Waals surface area contributed by atoms with Crippen LogP contribution in [0.15, 0.2) is 24.3 Å². The summed E-state index contributed by atoms with van der Waals surface area (Å²) in [7, 11) is 0. The molecule has 0 aliphatic carbocycles. The lowest BCUT2D eigenvalue weighted by atomic mass is 10.0. The van der Waals surface area contributed by atoms with E-state index in [1.54, 1.807) is 6.92 Å². The monoisotopic (exact) mass is 300 g/mol. The van der Waals surface area contributed by atoms with Gasteiger partial charge in [-0.15, -0.1) is 11.3 Å². The van der Waals surface area contributed by atoms with Crippen molar-refractivity contribution in [2.75, 3.05) is 0 Å². The number of aromatic amines is 1. The highest BCUT2D eigenvalue weighted by molar-refractivity contribution is 7.17. The van der Waals surface area contributed by atoms with Crippen molar-refractivity contribution in [1.29, 1.82) is 0 Å². The minimum atomic E-state index is -0.915. The second-order valence-corrected chi connectivity index (χ2v) is 6.35. The van der Waals surface area contributed by atoms with Gasteiger partial charge in [0.2, 0.25) is 0 Å². The lowest BCUT2D eigenvalue weighted by Gasteiger charge is -2.05. The van der Waals surface area contributed by atoms with Crippen molar-refractivity contribution in [1.82, 2.24) is 9.97 Å². The van der Waals surface area contributed by atoms with Crippen LogP contribution in [0.4, 0.5) is 0 Å². The van der Waals surface area contributed by atoms with Crippen LogP contribution in [-0.2, 0) is 0 Å². The molecule has 0 aliphatic heterocycles. The number of benzene rings is 1. The average molecular weight is 300 g/mol. The number of nitrogens with zero attached hydrogens (tertiary/aromatic N) is 1. The van der Waals surface area contributed by atoms with Crippen LogP contribution < -0.4 is 0 Å². The number of carboxylic acids is 1. The maximum atomic E-state index is 11.2. The summed E-state index contributed by atoms with van der Waals surface area (Å²) in [5.74, 6) is -0.605. The Hall–Kier alpha value is -2.14. The summed E-state index contributed by atoms with van der Waals surface area (Å²) in [4.78, 5) is 19.5. The van der Waals surface area contributed by atoms with Crippen molar-refractivity contribution >= 4 is 28.2 Å². The molecule has 0 saturated heterocycles. The van der Waals surface area contributed by atoms with E-state index in [2.05, 4.69) is 23.8 Å². The van der Waals surface area contributed by atoms with E-state index in [-0.39, 0.29) is 0 Å². The fourth-order valence-electron chi connectivity index (χ4n) is 2.53. The van der Waals surface area contributed by atoms with Crippen LogP contribution >= 0.6 is 11.3 Å². The summed E-state index contributed by atoms with van der Waals surface area (Å²) in [5.41, 5.74) is 3.76. The number of aryl methyl sites for hydroxylation is 1. The van der Waals surface area contributed by atoms with E-state index >= 15 is 0 Å². The zero-order valence-corrected chi connectivity index (χ0v) is 12.9. The second-order valence-electron chi connectivity index (χ2n) is 5.35. The van der Waals surface area contributed by atoms with Gasteiger partial charge in [0, 0.05) is 22.2 Å². The van der Waals surface area contributed by atoms with Crippen LogP contribution in [0.3, 0.4) is 0 Å². The topological polar surface area (TPSA) is 66.0 Å². The van der Waals surface area contributed by atoms with Gasteiger partial charge in [0.05, 0.1) is 5.69 Å². The largest absolute Gasteiger partial charge is 0.477 e. The van der Waals surface area contributed by atoms with E-state index < -0.39 is 5.97 Å². The molecule has 3 aromatic rings. The molecule has 0 atom stereocenters. The minimum absolute atomic E-state index is 0.310. The molecule has 0 radical (unpaired) electrons. The summed E-state index contributed by atoms with van der Waals surface area (Å²) >= 11 is 1.24. The smallest absolute Gasteiger partial charge is 0.347 e. The molecule has 0 bridgehead atoms. The van der Waals surface area contributed by atoms with Gasteiger partial charge in [0.25, 0.3) is 0 Å². The summed E-state index contributed by atoms with van der Waals surface area (Å²) in [6.45, 7) is 5.98. The lowest BCUT2D eigenvalue weighted by Crippen LogP contribution is -1.94. The summed E-state index contributed by atoms with van der Waals surface area (Å²) < 4.78 is 0. The van der Waals surface area contributed by atoms with Gasteiger partial charge in [0.1, 0.15) is 9.88 Å². The van der Waals surface area contributed by atoms with E-state index in [9.17, 15) is 9.90 Å². The number of hydrogen-bond acceptors (Lipinski definition) is 3. The van der Waals surface area contributed by atoms with Crippen LogP contribution in [0.1, 0.15) is 40.8 Å².